The summed E-state index contributed by atoms with van der Waals surface area (Å²) < 4.78 is 0. The fourth-order valence-electron chi connectivity index (χ4n) is 2.86. The molecule has 2 atom stereocenters. The number of carbonyl (C=O) groups excluding carboxylic acids is 2. The molecule has 2 aromatic rings. The molecular weight excluding hydrogens is 358 g/mol. The van der Waals surface area contributed by atoms with Crippen molar-refractivity contribution < 1.29 is 9.59 Å². The minimum absolute atomic E-state index is 0. The van der Waals surface area contributed by atoms with Gasteiger partial charge in [-0.3, -0.25) is 9.59 Å². The molecule has 0 saturated carbocycles. The average molecular weight is 380 g/mol. The Kier molecular flexibility index (Phi) is 6.99. The molecule has 2 heterocycles. The number of halogens is 1. The third kappa shape index (κ3) is 4.81. The van der Waals surface area contributed by atoms with E-state index in [0.29, 0.717) is 22.0 Å². The van der Waals surface area contributed by atoms with E-state index in [-0.39, 0.29) is 30.3 Å². The number of carbonyl (C=O) groups is 2. The van der Waals surface area contributed by atoms with Crippen molar-refractivity contribution in [2.75, 3.05) is 18.4 Å². The molecule has 2 amide bonds. The molecule has 0 spiro atoms. The molecule has 1 saturated heterocycles. The number of hydrogen-bond acceptors (Lipinski definition) is 4. The van der Waals surface area contributed by atoms with Crippen LogP contribution in [0.4, 0.5) is 5.69 Å². The molecular formula is C18H22ClN3O2S. The minimum Gasteiger partial charge on any atom is -0.349 e. The Hall–Kier alpha value is -1.89. The van der Waals surface area contributed by atoms with Gasteiger partial charge in [0, 0.05) is 6.04 Å². The Bertz CT molecular complexity index is 721. The second-order valence-electron chi connectivity index (χ2n) is 6.03. The van der Waals surface area contributed by atoms with Crippen LogP contribution in [-0.4, -0.2) is 30.9 Å². The molecule has 1 aliphatic rings. The molecule has 1 aromatic heterocycles. The third-order valence-corrected chi connectivity index (χ3v) is 5.14. The van der Waals surface area contributed by atoms with Crippen molar-refractivity contribution in [3.05, 3.63) is 52.2 Å². The van der Waals surface area contributed by atoms with Gasteiger partial charge in [-0.05, 0) is 49.0 Å². The molecule has 1 aromatic carbocycles. The average Bonchev–Trinajstić information content (AvgIpc) is 3.12. The smallest absolute Gasteiger partial charge is 0.265 e. The first-order valence-corrected chi connectivity index (χ1v) is 8.98. The van der Waals surface area contributed by atoms with Gasteiger partial charge >= 0.3 is 0 Å². The molecule has 3 N–H and O–H groups in total. The second kappa shape index (κ2) is 8.99. The van der Waals surface area contributed by atoms with E-state index in [1.807, 2.05) is 23.6 Å². The first kappa shape index (κ1) is 19.4. The maximum atomic E-state index is 12.7. The van der Waals surface area contributed by atoms with Gasteiger partial charge < -0.3 is 16.0 Å². The fraction of sp³-hybridized carbons (Fsp3) is 0.333. The van der Waals surface area contributed by atoms with Crippen LogP contribution in [0.1, 0.15) is 33.4 Å². The van der Waals surface area contributed by atoms with E-state index in [1.54, 1.807) is 18.2 Å². The molecule has 0 bridgehead atoms. The highest BCUT2D eigenvalue weighted by Crippen LogP contribution is 2.19. The molecule has 134 valence electrons. The Morgan fingerprint density at radius 3 is 2.68 bits per heavy atom. The molecule has 0 radical (unpaired) electrons. The van der Waals surface area contributed by atoms with Crippen molar-refractivity contribution in [3.8, 4) is 0 Å². The summed E-state index contributed by atoms with van der Waals surface area (Å²) in [5.41, 5.74) is 1.03. The quantitative estimate of drug-likeness (QED) is 0.764. The maximum absolute atomic E-state index is 12.7. The van der Waals surface area contributed by atoms with E-state index in [2.05, 4.69) is 22.9 Å². The molecule has 2 unspecified atom stereocenters. The van der Waals surface area contributed by atoms with Crippen molar-refractivity contribution in [2.45, 2.75) is 19.4 Å². The Morgan fingerprint density at radius 1 is 1.16 bits per heavy atom. The van der Waals surface area contributed by atoms with Crippen molar-refractivity contribution in [1.82, 2.24) is 10.6 Å². The van der Waals surface area contributed by atoms with E-state index in [0.717, 1.165) is 19.5 Å². The van der Waals surface area contributed by atoms with Gasteiger partial charge in [0.1, 0.15) is 0 Å². The van der Waals surface area contributed by atoms with Crippen LogP contribution < -0.4 is 16.0 Å². The predicted octanol–water partition coefficient (Wildman–Crippen LogP) is 3.15. The van der Waals surface area contributed by atoms with Gasteiger partial charge in [0.15, 0.2) is 0 Å². The summed E-state index contributed by atoms with van der Waals surface area (Å²) in [6.07, 6.45) is 0.913. The summed E-state index contributed by atoms with van der Waals surface area (Å²) in [6, 6.07) is 10.9. The number of nitrogens with one attached hydrogen (secondary N) is 3. The van der Waals surface area contributed by atoms with Crippen molar-refractivity contribution >= 4 is 41.2 Å². The molecule has 1 fully saturated rings. The van der Waals surface area contributed by atoms with E-state index < -0.39 is 0 Å². The van der Waals surface area contributed by atoms with Gasteiger partial charge in [-0.15, -0.1) is 23.7 Å². The van der Waals surface area contributed by atoms with Crippen molar-refractivity contribution in [2.24, 2.45) is 5.92 Å². The summed E-state index contributed by atoms with van der Waals surface area (Å²) in [4.78, 5) is 25.5. The standard InChI is InChI=1S/C18H21N3O2S.ClH/c1-12-11-19-9-8-14(12)20-17(22)13-5-2-3-6-15(13)21-18(23)16-7-4-10-24-16;/h2-7,10,12,14,19H,8-9,11H2,1H3,(H,20,22)(H,21,23);1H. The number of thiophene rings is 1. The number of benzene rings is 1. The lowest BCUT2D eigenvalue weighted by Crippen LogP contribution is -2.48. The van der Waals surface area contributed by atoms with Crippen LogP contribution in [0.15, 0.2) is 41.8 Å². The van der Waals surface area contributed by atoms with Crippen LogP contribution in [0.25, 0.3) is 0 Å². The zero-order valence-electron chi connectivity index (χ0n) is 14.0. The lowest BCUT2D eigenvalue weighted by atomic mass is 9.95. The number of anilines is 1. The third-order valence-electron chi connectivity index (χ3n) is 4.27. The molecule has 5 nitrogen and oxygen atoms in total. The van der Waals surface area contributed by atoms with E-state index in [9.17, 15) is 9.59 Å². The van der Waals surface area contributed by atoms with Crippen LogP contribution in [0.2, 0.25) is 0 Å². The number of piperidine rings is 1. The maximum Gasteiger partial charge on any atom is 0.265 e. The van der Waals surface area contributed by atoms with Crippen LogP contribution in [0.5, 0.6) is 0 Å². The normalized spacial score (nSPS) is 19.6. The molecule has 1 aliphatic heterocycles. The van der Waals surface area contributed by atoms with Crippen LogP contribution >= 0.6 is 23.7 Å². The highest BCUT2D eigenvalue weighted by atomic mass is 35.5. The second-order valence-corrected chi connectivity index (χ2v) is 6.97. The van der Waals surface area contributed by atoms with Gasteiger partial charge in [0.05, 0.1) is 16.1 Å². The summed E-state index contributed by atoms with van der Waals surface area (Å²) >= 11 is 1.37. The van der Waals surface area contributed by atoms with E-state index in [4.69, 9.17) is 0 Å². The number of hydrogen-bond donors (Lipinski definition) is 3. The Morgan fingerprint density at radius 2 is 1.96 bits per heavy atom. The van der Waals surface area contributed by atoms with E-state index in [1.165, 1.54) is 11.3 Å². The zero-order chi connectivity index (χ0) is 16.9. The van der Waals surface area contributed by atoms with Gasteiger partial charge in [-0.1, -0.05) is 25.1 Å². The van der Waals surface area contributed by atoms with Crippen molar-refractivity contribution in [1.29, 1.82) is 0 Å². The SMILES string of the molecule is CC1CNCCC1NC(=O)c1ccccc1NC(=O)c1cccs1.Cl. The van der Waals surface area contributed by atoms with Crippen LogP contribution in [0.3, 0.4) is 0 Å². The summed E-state index contributed by atoms with van der Waals surface area (Å²) in [7, 11) is 0. The van der Waals surface area contributed by atoms with E-state index >= 15 is 0 Å². The fourth-order valence-corrected chi connectivity index (χ4v) is 3.48. The lowest BCUT2D eigenvalue weighted by molar-refractivity contribution is 0.0915. The van der Waals surface area contributed by atoms with Gasteiger partial charge in [0.25, 0.3) is 11.8 Å². The monoisotopic (exact) mass is 379 g/mol. The van der Waals surface area contributed by atoms with Gasteiger partial charge in [0.2, 0.25) is 0 Å². The number of rotatable bonds is 4. The summed E-state index contributed by atoms with van der Waals surface area (Å²) in [5, 5.41) is 11.1. The summed E-state index contributed by atoms with van der Waals surface area (Å²) in [5.74, 6) is 0.0480. The molecule has 3 rings (SSSR count). The minimum atomic E-state index is -0.194. The first-order chi connectivity index (χ1) is 11.6. The molecule has 0 aliphatic carbocycles. The molecule has 7 heteroatoms. The molecule has 25 heavy (non-hydrogen) atoms. The first-order valence-electron chi connectivity index (χ1n) is 8.10. The Labute approximate surface area is 157 Å². The largest absolute Gasteiger partial charge is 0.349 e. The Balaban J connectivity index is 0.00000225. The summed E-state index contributed by atoms with van der Waals surface area (Å²) in [6.45, 7) is 3.94. The van der Waals surface area contributed by atoms with Crippen LogP contribution in [0, 0.1) is 5.92 Å². The van der Waals surface area contributed by atoms with Crippen LogP contribution in [-0.2, 0) is 0 Å². The lowest BCUT2D eigenvalue weighted by Gasteiger charge is -2.30. The zero-order valence-corrected chi connectivity index (χ0v) is 15.6. The number of amides is 2. The number of para-hydroxylation sites is 1. The highest BCUT2D eigenvalue weighted by Gasteiger charge is 2.24. The van der Waals surface area contributed by atoms with Gasteiger partial charge in [-0.25, -0.2) is 0 Å². The van der Waals surface area contributed by atoms with Crippen molar-refractivity contribution in [3.63, 3.8) is 0 Å². The highest BCUT2D eigenvalue weighted by molar-refractivity contribution is 7.12. The topological polar surface area (TPSA) is 70.2 Å². The van der Waals surface area contributed by atoms with Gasteiger partial charge in [-0.2, -0.15) is 0 Å². The predicted molar refractivity (Wildman–Crippen MR) is 104 cm³/mol.